The monoisotopic (exact) mass is 586 g/mol. The highest BCUT2D eigenvalue weighted by Gasteiger charge is 2.38. The zero-order valence-corrected chi connectivity index (χ0v) is 23.3. The van der Waals surface area contributed by atoms with Crippen molar-refractivity contribution < 1.29 is 26.7 Å². The molecule has 4 aromatic rings. The summed E-state index contributed by atoms with van der Waals surface area (Å²) in [5, 5.41) is 0.393. The first-order chi connectivity index (χ1) is 19.5. The summed E-state index contributed by atoms with van der Waals surface area (Å²) in [5.41, 5.74) is 6.74. The first-order valence-electron chi connectivity index (χ1n) is 12.8. The largest absolute Gasteiger partial charge is 0.494 e. The number of halogens is 5. The quantitative estimate of drug-likeness (QED) is 0.240. The van der Waals surface area contributed by atoms with Crippen LogP contribution in [0.15, 0.2) is 70.5 Å². The van der Waals surface area contributed by atoms with Gasteiger partial charge in [0.05, 0.1) is 35.3 Å². The van der Waals surface area contributed by atoms with E-state index >= 15 is 8.78 Å². The molecule has 10 heteroatoms. The van der Waals surface area contributed by atoms with Crippen LogP contribution in [0.4, 0.5) is 22.0 Å². The fourth-order valence-electron chi connectivity index (χ4n) is 5.53. The van der Waals surface area contributed by atoms with Crippen molar-refractivity contribution in [2.75, 3.05) is 12.9 Å². The molecule has 0 bridgehead atoms. The molecule has 0 amide bonds. The predicted molar refractivity (Wildman–Crippen MR) is 149 cm³/mol. The van der Waals surface area contributed by atoms with Gasteiger partial charge in [-0.05, 0) is 54.3 Å². The Balaban J connectivity index is 1.79. The average molecular weight is 587 g/mol. The van der Waals surface area contributed by atoms with Crippen LogP contribution in [0.1, 0.15) is 45.5 Å². The van der Waals surface area contributed by atoms with Crippen LogP contribution in [0, 0.1) is 25.5 Å². The van der Waals surface area contributed by atoms with Crippen molar-refractivity contribution in [2.45, 2.75) is 43.6 Å². The average Bonchev–Trinajstić information content (AvgIpc) is 3.37. The lowest BCUT2D eigenvalue weighted by molar-refractivity contribution is -0.138. The molecule has 41 heavy (non-hydrogen) atoms. The summed E-state index contributed by atoms with van der Waals surface area (Å²) in [7, 11) is 1.29. The molecule has 4 nitrogen and oxygen atoms in total. The van der Waals surface area contributed by atoms with Gasteiger partial charge >= 0.3 is 6.18 Å². The fourth-order valence-corrected chi connectivity index (χ4v) is 6.97. The van der Waals surface area contributed by atoms with Crippen molar-refractivity contribution >= 4 is 11.8 Å². The van der Waals surface area contributed by atoms with Gasteiger partial charge in [0.2, 0.25) is 0 Å². The standard InChI is InChI=1S/C31H27F5N2O2S/c1-16-8-4-5-9-18(16)28(37)24-15-41-30-20(14-21-22(31(34,35)36)11-7-12-23(21)32)17(2)26(29(39)38(24)30)19-10-6-13-25(40-3)27(19)33/h4-13,24,28H,14-15,37H2,1-3H3. The predicted octanol–water partition coefficient (Wildman–Crippen LogP) is 7.38. The van der Waals surface area contributed by atoms with E-state index in [1.165, 1.54) is 41.6 Å². The Bertz CT molecular complexity index is 1700. The molecule has 2 N–H and O–H groups in total. The zero-order chi connectivity index (χ0) is 29.6. The van der Waals surface area contributed by atoms with Crippen molar-refractivity contribution in [3.63, 3.8) is 0 Å². The third kappa shape index (κ3) is 5.04. The van der Waals surface area contributed by atoms with Gasteiger partial charge in [-0.25, -0.2) is 8.78 Å². The lowest BCUT2D eigenvalue weighted by Gasteiger charge is -2.26. The first-order valence-corrected chi connectivity index (χ1v) is 13.8. The molecule has 2 unspecified atom stereocenters. The molecule has 0 radical (unpaired) electrons. The van der Waals surface area contributed by atoms with Crippen molar-refractivity contribution in [3.05, 3.63) is 116 Å². The van der Waals surface area contributed by atoms with E-state index in [0.717, 1.165) is 29.3 Å². The highest BCUT2D eigenvalue weighted by Crippen LogP contribution is 2.45. The lowest BCUT2D eigenvalue weighted by Crippen LogP contribution is -2.33. The van der Waals surface area contributed by atoms with Gasteiger partial charge in [0.25, 0.3) is 5.56 Å². The number of methoxy groups -OCH3 is 1. The van der Waals surface area contributed by atoms with Crippen LogP contribution >= 0.6 is 11.8 Å². The van der Waals surface area contributed by atoms with Gasteiger partial charge in [-0.1, -0.05) is 42.5 Å². The number of nitrogens with two attached hydrogens (primary N) is 1. The minimum absolute atomic E-state index is 0.0328. The van der Waals surface area contributed by atoms with E-state index in [-0.39, 0.29) is 22.4 Å². The van der Waals surface area contributed by atoms with Crippen LogP contribution in [0.5, 0.6) is 5.75 Å². The van der Waals surface area contributed by atoms with Crippen LogP contribution in [-0.2, 0) is 12.6 Å². The molecule has 0 spiro atoms. The van der Waals surface area contributed by atoms with E-state index in [9.17, 15) is 18.0 Å². The number of fused-ring (bicyclic) bond motifs is 1. The number of nitrogens with zero attached hydrogens (tertiary/aromatic N) is 1. The topological polar surface area (TPSA) is 57.2 Å². The van der Waals surface area contributed by atoms with E-state index in [1.54, 1.807) is 6.92 Å². The molecule has 5 rings (SSSR count). The molecule has 0 aliphatic carbocycles. The van der Waals surface area contributed by atoms with Gasteiger partial charge in [-0.2, -0.15) is 13.2 Å². The van der Waals surface area contributed by atoms with Gasteiger partial charge in [0.1, 0.15) is 5.82 Å². The van der Waals surface area contributed by atoms with Crippen LogP contribution in [-0.4, -0.2) is 17.4 Å². The third-order valence-corrected chi connectivity index (χ3v) is 8.88. The van der Waals surface area contributed by atoms with Gasteiger partial charge in [-0.3, -0.25) is 9.36 Å². The molecule has 0 fully saturated rings. The van der Waals surface area contributed by atoms with Crippen molar-refractivity contribution in [3.8, 4) is 16.9 Å². The smallest absolute Gasteiger partial charge is 0.416 e. The molecule has 0 saturated carbocycles. The highest BCUT2D eigenvalue weighted by molar-refractivity contribution is 7.99. The number of aromatic nitrogens is 1. The van der Waals surface area contributed by atoms with Crippen LogP contribution in [0.2, 0.25) is 0 Å². The summed E-state index contributed by atoms with van der Waals surface area (Å²) in [4.78, 5) is 14.2. The number of alkyl halides is 3. The summed E-state index contributed by atoms with van der Waals surface area (Å²) in [6, 6.07) is 13.4. The Labute approximate surface area is 238 Å². The van der Waals surface area contributed by atoms with Gasteiger partial charge in [0, 0.05) is 23.3 Å². The number of pyridine rings is 1. The summed E-state index contributed by atoms with van der Waals surface area (Å²) in [5.74, 6) is -1.54. The molecule has 1 aromatic heterocycles. The zero-order valence-electron chi connectivity index (χ0n) is 22.5. The first kappa shape index (κ1) is 28.9. The maximum absolute atomic E-state index is 15.6. The molecule has 214 valence electrons. The van der Waals surface area contributed by atoms with Crippen molar-refractivity contribution in [1.29, 1.82) is 0 Å². The van der Waals surface area contributed by atoms with Crippen LogP contribution < -0.4 is 16.0 Å². The van der Waals surface area contributed by atoms with Crippen LogP contribution in [0.3, 0.4) is 0 Å². The molecular formula is C31H27F5N2O2S. The second-order valence-electron chi connectivity index (χ2n) is 9.98. The Morgan fingerprint density at radius 2 is 1.73 bits per heavy atom. The lowest BCUT2D eigenvalue weighted by atomic mass is 9.91. The maximum atomic E-state index is 15.6. The summed E-state index contributed by atoms with van der Waals surface area (Å²) >= 11 is 1.27. The number of hydrogen-bond acceptors (Lipinski definition) is 4. The minimum Gasteiger partial charge on any atom is -0.494 e. The van der Waals surface area contributed by atoms with E-state index < -0.39 is 53.0 Å². The summed E-state index contributed by atoms with van der Waals surface area (Å²) in [6.07, 6.45) is -5.26. The molecule has 2 heterocycles. The van der Waals surface area contributed by atoms with E-state index in [0.29, 0.717) is 16.3 Å². The maximum Gasteiger partial charge on any atom is 0.416 e. The number of ether oxygens (including phenoxy) is 1. The Morgan fingerprint density at radius 1 is 1.02 bits per heavy atom. The SMILES string of the molecule is COc1cccc(-c2c(C)c(Cc3c(F)cccc3C(F)(F)F)c3n(c2=O)C(C(N)c2ccccc2C)CS3)c1F. The molecule has 1 aliphatic rings. The van der Waals surface area contributed by atoms with E-state index in [2.05, 4.69) is 0 Å². The normalized spacial score (nSPS) is 15.6. The molecule has 3 aromatic carbocycles. The number of hydrogen-bond donors (Lipinski definition) is 1. The van der Waals surface area contributed by atoms with Crippen LogP contribution in [0.25, 0.3) is 11.1 Å². The van der Waals surface area contributed by atoms with Gasteiger partial charge in [0.15, 0.2) is 11.6 Å². The second kappa shape index (κ2) is 11.0. The Morgan fingerprint density at radius 3 is 2.41 bits per heavy atom. The third-order valence-electron chi connectivity index (χ3n) is 7.65. The van der Waals surface area contributed by atoms with Crippen molar-refractivity contribution in [2.24, 2.45) is 5.73 Å². The molecular weight excluding hydrogens is 559 g/mol. The number of benzene rings is 3. The Kier molecular flexibility index (Phi) is 7.74. The number of thioether (sulfide) groups is 1. The van der Waals surface area contributed by atoms with E-state index in [4.69, 9.17) is 10.5 Å². The van der Waals surface area contributed by atoms with Crippen molar-refractivity contribution in [1.82, 2.24) is 4.57 Å². The molecule has 2 atom stereocenters. The Hall–Kier alpha value is -3.63. The van der Waals surface area contributed by atoms with E-state index in [1.807, 2.05) is 31.2 Å². The van der Waals surface area contributed by atoms with Gasteiger partial charge < -0.3 is 10.5 Å². The molecule has 0 saturated heterocycles. The summed E-state index contributed by atoms with van der Waals surface area (Å²) < 4.78 is 79.0. The second-order valence-corrected chi connectivity index (χ2v) is 11.0. The fraction of sp³-hybridized carbons (Fsp3) is 0.258. The minimum atomic E-state index is -4.80. The highest BCUT2D eigenvalue weighted by atomic mass is 32.2. The molecule has 1 aliphatic heterocycles. The number of aryl methyl sites for hydroxylation is 1. The summed E-state index contributed by atoms with van der Waals surface area (Å²) in [6.45, 7) is 3.45. The van der Waals surface area contributed by atoms with Gasteiger partial charge in [-0.15, -0.1) is 11.8 Å². The number of rotatable bonds is 6.